The second-order valence-electron chi connectivity index (χ2n) is 5.54. The molecule has 0 fully saturated rings. The Hall–Kier alpha value is -2.13. The Morgan fingerprint density at radius 3 is 2.29 bits per heavy atom. The average Bonchev–Trinajstić information content (AvgIpc) is 2.86. The molecule has 0 saturated heterocycles. The number of nitrogens with zero attached hydrogens (tertiary/aromatic N) is 2. The van der Waals surface area contributed by atoms with Crippen LogP contribution in [0.1, 0.15) is 37.3 Å². The molecule has 3 aromatic rings. The molecule has 0 radical (unpaired) electrons. The zero-order chi connectivity index (χ0) is 14.8. The fraction of sp³-hybridized carbons (Fsp3) is 0.278. The van der Waals surface area contributed by atoms with Gasteiger partial charge in [-0.05, 0) is 31.5 Å². The van der Waals surface area contributed by atoms with Crippen LogP contribution >= 0.6 is 0 Å². The molecular formula is C18H21N3. The summed E-state index contributed by atoms with van der Waals surface area (Å²) < 4.78 is 2.17. The number of fused-ring (bicyclic) bond motifs is 1. The molecular weight excluding hydrogens is 258 g/mol. The van der Waals surface area contributed by atoms with Crippen molar-refractivity contribution in [3.8, 4) is 0 Å². The van der Waals surface area contributed by atoms with Crippen LogP contribution in [0, 0.1) is 0 Å². The SMILES string of the molecule is CC(N[C@H](C)c1ccccc1)c1nc2ccccc2n1C. The molecule has 0 amide bonds. The number of aryl methyl sites for hydroxylation is 1. The van der Waals surface area contributed by atoms with Gasteiger partial charge in [0.1, 0.15) is 5.82 Å². The molecule has 0 spiro atoms. The molecule has 3 rings (SSSR count). The summed E-state index contributed by atoms with van der Waals surface area (Å²) in [7, 11) is 2.08. The highest BCUT2D eigenvalue weighted by atomic mass is 15.1. The normalized spacial score (nSPS) is 14.2. The lowest BCUT2D eigenvalue weighted by atomic mass is 10.1. The van der Waals surface area contributed by atoms with E-state index < -0.39 is 0 Å². The Balaban J connectivity index is 1.84. The van der Waals surface area contributed by atoms with Crippen molar-refractivity contribution in [1.29, 1.82) is 0 Å². The minimum atomic E-state index is 0.192. The number of aromatic nitrogens is 2. The zero-order valence-corrected chi connectivity index (χ0v) is 12.7. The molecule has 1 heterocycles. The van der Waals surface area contributed by atoms with Gasteiger partial charge in [-0.15, -0.1) is 0 Å². The van der Waals surface area contributed by atoms with E-state index in [2.05, 4.69) is 73.2 Å². The standard InChI is InChI=1S/C18H21N3/c1-13(15-9-5-4-6-10-15)19-14(2)18-20-16-11-7-8-12-17(16)21(18)3/h4-14,19H,1-3H3/t13-,14?/m1/s1. The molecule has 2 atom stereocenters. The summed E-state index contributed by atoms with van der Waals surface area (Å²) in [4.78, 5) is 4.76. The van der Waals surface area contributed by atoms with Gasteiger partial charge in [0, 0.05) is 13.1 Å². The Morgan fingerprint density at radius 2 is 1.57 bits per heavy atom. The highest BCUT2D eigenvalue weighted by molar-refractivity contribution is 5.75. The van der Waals surface area contributed by atoms with Crippen molar-refractivity contribution in [2.45, 2.75) is 25.9 Å². The summed E-state index contributed by atoms with van der Waals surface area (Å²) in [6.45, 7) is 4.36. The highest BCUT2D eigenvalue weighted by Crippen LogP contribution is 2.22. The molecule has 0 saturated carbocycles. The van der Waals surface area contributed by atoms with Crippen molar-refractivity contribution >= 4 is 11.0 Å². The van der Waals surface area contributed by atoms with Gasteiger partial charge in [-0.1, -0.05) is 42.5 Å². The predicted octanol–water partition coefficient (Wildman–Crippen LogP) is 3.99. The predicted molar refractivity (Wildman–Crippen MR) is 87.1 cm³/mol. The molecule has 108 valence electrons. The number of hydrogen-bond donors (Lipinski definition) is 1. The quantitative estimate of drug-likeness (QED) is 0.782. The van der Waals surface area contributed by atoms with Crippen molar-refractivity contribution in [3.63, 3.8) is 0 Å². The lowest BCUT2D eigenvalue weighted by Crippen LogP contribution is -2.24. The van der Waals surface area contributed by atoms with Gasteiger partial charge in [-0.3, -0.25) is 0 Å². The molecule has 0 aliphatic carbocycles. The molecule has 1 unspecified atom stereocenters. The Bertz CT molecular complexity index is 731. The fourth-order valence-electron chi connectivity index (χ4n) is 2.84. The summed E-state index contributed by atoms with van der Waals surface area (Å²) in [6, 6.07) is 19.2. The Kier molecular flexibility index (Phi) is 3.76. The number of imidazole rings is 1. The first kappa shape index (κ1) is 13.8. The third kappa shape index (κ3) is 2.69. The van der Waals surface area contributed by atoms with E-state index in [0.717, 1.165) is 11.3 Å². The third-order valence-corrected chi connectivity index (χ3v) is 4.01. The van der Waals surface area contributed by atoms with Crippen molar-refractivity contribution in [3.05, 3.63) is 66.0 Å². The van der Waals surface area contributed by atoms with Gasteiger partial charge >= 0.3 is 0 Å². The van der Waals surface area contributed by atoms with Gasteiger partial charge in [0.05, 0.1) is 17.1 Å². The van der Waals surface area contributed by atoms with Gasteiger partial charge in [0.2, 0.25) is 0 Å². The van der Waals surface area contributed by atoms with Gasteiger partial charge in [0.15, 0.2) is 0 Å². The van der Waals surface area contributed by atoms with E-state index in [0.29, 0.717) is 6.04 Å². The first-order valence-electron chi connectivity index (χ1n) is 7.39. The number of rotatable bonds is 4. The molecule has 0 aliphatic heterocycles. The maximum atomic E-state index is 4.76. The van der Waals surface area contributed by atoms with Crippen LogP contribution in [0.4, 0.5) is 0 Å². The number of para-hydroxylation sites is 2. The smallest absolute Gasteiger partial charge is 0.126 e. The number of nitrogens with one attached hydrogen (secondary N) is 1. The summed E-state index contributed by atoms with van der Waals surface area (Å²) in [5, 5.41) is 3.63. The van der Waals surface area contributed by atoms with E-state index in [9.17, 15) is 0 Å². The number of benzene rings is 2. The summed E-state index contributed by atoms with van der Waals surface area (Å²) in [5.41, 5.74) is 3.52. The second-order valence-corrected chi connectivity index (χ2v) is 5.54. The van der Waals surface area contributed by atoms with E-state index >= 15 is 0 Å². The van der Waals surface area contributed by atoms with E-state index in [1.165, 1.54) is 11.1 Å². The summed E-state index contributed by atoms with van der Waals surface area (Å²) in [5.74, 6) is 1.07. The van der Waals surface area contributed by atoms with Crippen LogP contribution in [0.15, 0.2) is 54.6 Å². The summed E-state index contributed by atoms with van der Waals surface area (Å²) in [6.07, 6.45) is 0. The van der Waals surface area contributed by atoms with Crippen LogP contribution in [-0.4, -0.2) is 9.55 Å². The van der Waals surface area contributed by atoms with Crippen LogP contribution < -0.4 is 5.32 Å². The Morgan fingerprint density at radius 1 is 0.905 bits per heavy atom. The topological polar surface area (TPSA) is 29.9 Å². The van der Waals surface area contributed by atoms with Gasteiger partial charge in [0.25, 0.3) is 0 Å². The van der Waals surface area contributed by atoms with Crippen molar-refractivity contribution in [2.75, 3.05) is 0 Å². The van der Waals surface area contributed by atoms with Gasteiger partial charge < -0.3 is 9.88 Å². The van der Waals surface area contributed by atoms with Crippen LogP contribution in [0.25, 0.3) is 11.0 Å². The molecule has 1 aromatic heterocycles. The van der Waals surface area contributed by atoms with Crippen LogP contribution in [0.3, 0.4) is 0 Å². The highest BCUT2D eigenvalue weighted by Gasteiger charge is 2.16. The molecule has 0 aliphatic rings. The molecule has 3 heteroatoms. The first-order chi connectivity index (χ1) is 10.2. The van der Waals surface area contributed by atoms with Crippen LogP contribution in [-0.2, 0) is 7.05 Å². The van der Waals surface area contributed by atoms with E-state index in [1.54, 1.807) is 0 Å². The van der Waals surface area contributed by atoms with E-state index in [-0.39, 0.29) is 6.04 Å². The number of hydrogen-bond acceptors (Lipinski definition) is 2. The third-order valence-electron chi connectivity index (χ3n) is 4.01. The van der Waals surface area contributed by atoms with Crippen LogP contribution in [0.2, 0.25) is 0 Å². The van der Waals surface area contributed by atoms with E-state index in [1.807, 2.05) is 12.1 Å². The lowest BCUT2D eigenvalue weighted by Gasteiger charge is -2.20. The van der Waals surface area contributed by atoms with Crippen molar-refractivity contribution in [1.82, 2.24) is 14.9 Å². The van der Waals surface area contributed by atoms with Crippen molar-refractivity contribution in [2.24, 2.45) is 7.05 Å². The van der Waals surface area contributed by atoms with Crippen molar-refractivity contribution < 1.29 is 0 Å². The maximum Gasteiger partial charge on any atom is 0.126 e. The molecule has 0 bridgehead atoms. The van der Waals surface area contributed by atoms with E-state index in [4.69, 9.17) is 4.98 Å². The largest absolute Gasteiger partial charge is 0.330 e. The maximum absolute atomic E-state index is 4.76. The van der Waals surface area contributed by atoms with Crippen LogP contribution in [0.5, 0.6) is 0 Å². The fourth-order valence-corrected chi connectivity index (χ4v) is 2.84. The van der Waals surface area contributed by atoms with Gasteiger partial charge in [-0.2, -0.15) is 0 Å². The molecule has 2 aromatic carbocycles. The molecule has 21 heavy (non-hydrogen) atoms. The second kappa shape index (κ2) is 5.70. The lowest BCUT2D eigenvalue weighted by molar-refractivity contribution is 0.469. The minimum absolute atomic E-state index is 0.192. The zero-order valence-electron chi connectivity index (χ0n) is 12.7. The molecule has 3 nitrogen and oxygen atoms in total. The van der Waals surface area contributed by atoms with Gasteiger partial charge in [-0.25, -0.2) is 4.98 Å². The minimum Gasteiger partial charge on any atom is -0.330 e. The summed E-state index contributed by atoms with van der Waals surface area (Å²) >= 11 is 0. The average molecular weight is 279 g/mol. The Labute approximate surface area is 125 Å². The monoisotopic (exact) mass is 279 g/mol. The molecule has 1 N–H and O–H groups in total. The first-order valence-corrected chi connectivity index (χ1v) is 7.39.